The lowest BCUT2D eigenvalue weighted by molar-refractivity contribution is 0.461. The van der Waals surface area contributed by atoms with E-state index in [1.807, 2.05) is 13.0 Å². The summed E-state index contributed by atoms with van der Waals surface area (Å²) in [7, 11) is 0. The second kappa shape index (κ2) is 14.0. The lowest BCUT2D eigenvalue weighted by Gasteiger charge is -2.16. The van der Waals surface area contributed by atoms with Crippen LogP contribution < -0.4 is 10.6 Å². The van der Waals surface area contributed by atoms with Gasteiger partial charge in [-0.05, 0) is 69.0 Å². The van der Waals surface area contributed by atoms with Crippen LogP contribution in [0.5, 0.6) is 0 Å². The van der Waals surface area contributed by atoms with Crippen molar-refractivity contribution in [2.24, 2.45) is 4.99 Å². The minimum Gasteiger partial charge on any atom is -0.357 e. The highest BCUT2D eigenvalue weighted by atomic mass is 127. The molecule has 1 aromatic carbocycles. The van der Waals surface area contributed by atoms with Crippen molar-refractivity contribution in [3.63, 3.8) is 0 Å². The maximum atomic E-state index is 13.3. The summed E-state index contributed by atoms with van der Waals surface area (Å²) in [6.07, 6.45) is 9.81. The number of guanidine groups is 1. The maximum absolute atomic E-state index is 13.3. The molecule has 0 aliphatic heterocycles. The third-order valence-electron chi connectivity index (χ3n) is 5.77. The third-order valence-corrected chi connectivity index (χ3v) is 6.42. The van der Waals surface area contributed by atoms with E-state index in [4.69, 9.17) is 4.99 Å². The molecule has 6 nitrogen and oxygen atoms in total. The van der Waals surface area contributed by atoms with Gasteiger partial charge in [0, 0.05) is 32.1 Å². The molecule has 178 valence electrons. The Balaban J connectivity index is 0.00000363. The summed E-state index contributed by atoms with van der Waals surface area (Å²) in [5, 5.41) is 16.6. The Labute approximate surface area is 212 Å². The molecule has 0 unspecified atom stereocenters. The van der Waals surface area contributed by atoms with E-state index in [-0.39, 0.29) is 29.8 Å². The summed E-state index contributed by atoms with van der Waals surface area (Å²) in [6, 6.07) is 5.53. The fourth-order valence-corrected chi connectivity index (χ4v) is 4.75. The molecule has 0 bridgehead atoms. The third kappa shape index (κ3) is 7.60. The first kappa shape index (κ1) is 26.9. The molecule has 0 radical (unpaired) electrons. The van der Waals surface area contributed by atoms with Crippen LogP contribution in [0.15, 0.2) is 28.3 Å². The average Bonchev–Trinajstić information content (AvgIpc) is 3.41. The SMILES string of the molecule is CCNC(=NCCCc1nnc(SC)n1C1CCCC1)NCCc1ccc(F)cc1C.I. The standard InChI is InChI=1S/C23H35FN6S.HI/c1-4-25-22(27-15-13-18-11-12-19(24)16-17(18)2)26-14-7-10-21-28-29-23(31-3)30(21)20-8-5-6-9-20;/h11-12,16,20H,4-10,13-15H2,1-3H3,(H2,25,26,27);1H. The first-order valence-electron chi connectivity index (χ1n) is 11.4. The van der Waals surface area contributed by atoms with Crippen LogP contribution in [0.4, 0.5) is 4.39 Å². The molecule has 3 rings (SSSR count). The number of thioether (sulfide) groups is 1. The Bertz CT molecular complexity index is 866. The van der Waals surface area contributed by atoms with Crippen LogP contribution in [-0.2, 0) is 12.8 Å². The lowest BCUT2D eigenvalue weighted by atomic mass is 10.1. The van der Waals surface area contributed by atoms with E-state index in [0.29, 0.717) is 6.04 Å². The lowest BCUT2D eigenvalue weighted by Crippen LogP contribution is -2.38. The number of aromatic nitrogens is 3. The van der Waals surface area contributed by atoms with Crippen LogP contribution in [0.3, 0.4) is 0 Å². The number of hydrogen-bond acceptors (Lipinski definition) is 4. The number of aliphatic imine (C=N–C) groups is 1. The van der Waals surface area contributed by atoms with E-state index in [1.54, 1.807) is 17.8 Å². The zero-order valence-corrected chi connectivity index (χ0v) is 22.5. The van der Waals surface area contributed by atoms with Crippen molar-refractivity contribution in [1.82, 2.24) is 25.4 Å². The van der Waals surface area contributed by atoms with Crippen molar-refractivity contribution in [1.29, 1.82) is 0 Å². The zero-order valence-electron chi connectivity index (χ0n) is 19.4. The fraction of sp³-hybridized carbons (Fsp3) is 0.609. The van der Waals surface area contributed by atoms with Gasteiger partial charge in [0.15, 0.2) is 11.1 Å². The normalized spacial score (nSPS) is 14.4. The molecule has 2 aromatic rings. The molecular weight excluding hydrogens is 538 g/mol. The highest BCUT2D eigenvalue weighted by Gasteiger charge is 2.23. The second-order valence-electron chi connectivity index (χ2n) is 8.02. The smallest absolute Gasteiger partial charge is 0.191 e. The maximum Gasteiger partial charge on any atom is 0.191 e. The highest BCUT2D eigenvalue weighted by molar-refractivity contribution is 14.0. The van der Waals surface area contributed by atoms with Gasteiger partial charge in [-0.1, -0.05) is 30.7 Å². The molecule has 0 spiro atoms. The van der Waals surface area contributed by atoms with Gasteiger partial charge in [-0.15, -0.1) is 34.2 Å². The van der Waals surface area contributed by atoms with E-state index in [1.165, 1.54) is 31.7 Å². The van der Waals surface area contributed by atoms with Crippen LogP contribution in [-0.4, -0.2) is 46.6 Å². The molecule has 32 heavy (non-hydrogen) atoms. The molecule has 0 amide bonds. The molecule has 1 fully saturated rings. The number of rotatable bonds is 10. The quantitative estimate of drug-likeness (QED) is 0.139. The number of halogens is 2. The van der Waals surface area contributed by atoms with Crippen molar-refractivity contribution in [3.8, 4) is 0 Å². The number of nitrogens with zero attached hydrogens (tertiary/aromatic N) is 4. The molecule has 9 heteroatoms. The van der Waals surface area contributed by atoms with Crippen molar-refractivity contribution in [2.45, 2.75) is 70.0 Å². The van der Waals surface area contributed by atoms with Gasteiger partial charge in [-0.25, -0.2) is 4.39 Å². The fourth-order valence-electron chi connectivity index (χ4n) is 4.17. The highest BCUT2D eigenvalue weighted by Crippen LogP contribution is 2.33. The summed E-state index contributed by atoms with van der Waals surface area (Å²) >= 11 is 1.68. The topological polar surface area (TPSA) is 67.1 Å². The van der Waals surface area contributed by atoms with Gasteiger partial charge in [0.1, 0.15) is 11.6 Å². The number of aryl methyl sites for hydroxylation is 2. The Hall–Kier alpha value is -1.36. The molecule has 0 atom stereocenters. The predicted octanol–water partition coefficient (Wildman–Crippen LogP) is 4.91. The number of nitrogens with one attached hydrogen (secondary N) is 2. The Morgan fingerprint density at radius 3 is 2.69 bits per heavy atom. The summed E-state index contributed by atoms with van der Waals surface area (Å²) in [5.74, 6) is 1.73. The van der Waals surface area contributed by atoms with Gasteiger partial charge in [0.25, 0.3) is 0 Å². The monoisotopic (exact) mass is 574 g/mol. The average molecular weight is 575 g/mol. The molecule has 2 N–H and O–H groups in total. The Morgan fingerprint density at radius 2 is 2.00 bits per heavy atom. The molecule has 0 saturated heterocycles. The van der Waals surface area contributed by atoms with E-state index < -0.39 is 0 Å². The van der Waals surface area contributed by atoms with Gasteiger partial charge in [0.05, 0.1) is 0 Å². The van der Waals surface area contributed by atoms with Crippen LogP contribution in [0, 0.1) is 12.7 Å². The van der Waals surface area contributed by atoms with E-state index in [2.05, 4.69) is 38.6 Å². The summed E-state index contributed by atoms with van der Waals surface area (Å²) in [5.41, 5.74) is 2.14. The van der Waals surface area contributed by atoms with Crippen molar-refractivity contribution >= 4 is 41.7 Å². The molecule has 1 heterocycles. The van der Waals surface area contributed by atoms with Gasteiger partial charge in [-0.2, -0.15) is 0 Å². The van der Waals surface area contributed by atoms with Crippen molar-refractivity contribution in [3.05, 3.63) is 41.0 Å². The summed E-state index contributed by atoms with van der Waals surface area (Å²) < 4.78 is 15.6. The molecule has 1 aliphatic carbocycles. The number of benzene rings is 1. The van der Waals surface area contributed by atoms with Crippen LogP contribution in [0.1, 0.15) is 62.0 Å². The molecule has 1 saturated carbocycles. The predicted molar refractivity (Wildman–Crippen MR) is 142 cm³/mol. The summed E-state index contributed by atoms with van der Waals surface area (Å²) in [6.45, 7) is 6.32. The largest absolute Gasteiger partial charge is 0.357 e. The zero-order chi connectivity index (χ0) is 22.1. The first-order valence-corrected chi connectivity index (χ1v) is 12.6. The van der Waals surface area contributed by atoms with Gasteiger partial charge >= 0.3 is 0 Å². The van der Waals surface area contributed by atoms with Gasteiger partial charge in [-0.3, -0.25) is 4.99 Å². The molecule has 1 aliphatic rings. The van der Waals surface area contributed by atoms with Crippen molar-refractivity contribution in [2.75, 3.05) is 25.9 Å². The summed E-state index contributed by atoms with van der Waals surface area (Å²) in [4.78, 5) is 4.72. The van der Waals surface area contributed by atoms with Crippen LogP contribution in [0.25, 0.3) is 0 Å². The van der Waals surface area contributed by atoms with Crippen LogP contribution >= 0.6 is 35.7 Å². The molecule has 1 aromatic heterocycles. The Morgan fingerprint density at radius 1 is 1.22 bits per heavy atom. The van der Waals surface area contributed by atoms with E-state index >= 15 is 0 Å². The minimum atomic E-state index is -0.183. The van der Waals surface area contributed by atoms with Crippen molar-refractivity contribution < 1.29 is 4.39 Å². The first-order chi connectivity index (χ1) is 15.1. The Kier molecular flexibility index (Phi) is 11.8. The minimum absolute atomic E-state index is 0. The van der Waals surface area contributed by atoms with Gasteiger partial charge < -0.3 is 15.2 Å². The molecular formula is C23H36FIN6S. The van der Waals surface area contributed by atoms with E-state index in [9.17, 15) is 4.39 Å². The second-order valence-corrected chi connectivity index (χ2v) is 8.80. The number of hydrogen-bond donors (Lipinski definition) is 2. The van der Waals surface area contributed by atoms with E-state index in [0.717, 1.165) is 67.0 Å². The van der Waals surface area contributed by atoms with Gasteiger partial charge in [0.2, 0.25) is 0 Å². The van der Waals surface area contributed by atoms with Crippen LogP contribution in [0.2, 0.25) is 0 Å².